The molecule has 0 saturated carbocycles. The number of hydrogen-bond donors (Lipinski definition) is 2. The molecule has 0 saturated heterocycles. The maximum absolute atomic E-state index is 14.1. The third-order valence-corrected chi connectivity index (χ3v) is 7.97. The Morgan fingerprint density at radius 1 is 1.12 bits per heavy atom. The van der Waals surface area contributed by atoms with Crippen molar-refractivity contribution in [1.82, 2.24) is 5.09 Å². The first-order valence-corrected chi connectivity index (χ1v) is 13.5. The second-order valence-corrected chi connectivity index (χ2v) is 10.8. The number of carboxylic acid groups (broad SMARTS) is 1. The van der Waals surface area contributed by atoms with E-state index in [1.807, 2.05) is 13.0 Å². The first-order valence-electron chi connectivity index (χ1n) is 10.9. The summed E-state index contributed by atoms with van der Waals surface area (Å²) in [5.74, 6) is -1.11. The molecule has 0 amide bonds. The highest BCUT2D eigenvalue weighted by Crippen LogP contribution is 2.47. The third kappa shape index (κ3) is 7.14. The molecule has 34 heavy (non-hydrogen) atoms. The molecule has 1 aromatic heterocycles. The normalized spacial score (nSPS) is 13.8. The van der Waals surface area contributed by atoms with Gasteiger partial charge in [0, 0.05) is 18.4 Å². The van der Waals surface area contributed by atoms with Crippen LogP contribution in [0, 0.1) is 0 Å². The summed E-state index contributed by atoms with van der Waals surface area (Å²) in [7, 11) is -2.13. The molecule has 3 rings (SSSR count). The molecule has 2 aromatic carbocycles. The van der Waals surface area contributed by atoms with Gasteiger partial charge in [-0.3, -0.25) is 9.36 Å². The molecule has 182 valence electrons. The van der Waals surface area contributed by atoms with Gasteiger partial charge in [-0.15, -0.1) is 11.3 Å². The predicted octanol–water partition coefficient (Wildman–Crippen LogP) is 5.32. The van der Waals surface area contributed by atoms with E-state index in [9.17, 15) is 19.3 Å². The Hall–Kier alpha value is -2.71. The van der Waals surface area contributed by atoms with Gasteiger partial charge in [0.05, 0.1) is 12.8 Å². The summed E-state index contributed by atoms with van der Waals surface area (Å²) < 4.78 is 31.2. The Morgan fingerprint density at radius 2 is 1.88 bits per heavy atom. The van der Waals surface area contributed by atoms with Crippen LogP contribution in [0.4, 0.5) is 0 Å². The second kappa shape index (κ2) is 12.1. The zero-order valence-corrected chi connectivity index (χ0v) is 20.8. The zero-order valence-electron chi connectivity index (χ0n) is 19.1. The number of thiophene rings is 1. The van der Waals surface area contributed by atoms with Crippen molar-refractivity contribution in [2.24, 2.45) is 0 Å². The van der Waals surface area contributed by atoms with Crippen LogP contribution in [0.25, 0.3) is 10.1 Å². The van der Waals surface area contributed by atoms with Crippen molar-refractivity contribution in [1.29, 1.82) is 0 Å². The van der Waals surface area contributed by atoms with Crippen LogP contribution in [-0.2, 0) is 25.0 Å². The van der Waals surface area contributed by atoms with Gasteiger partial charge in [-0.25, -0.2) is 9.88 Å². The molecule has 1 unspecified atom stereocenters. The fourth-order valence-corrected chi connectivity index (χ4v) is 6.24. The lowest BCUT2D eigenvalue weighted by Crippen LogP contribution is -2.38. The number of carboxylic acids is 1. The van der Waals surface area contributed by atoms with E-state index in [4.69, 9.17) is 14.0 Å². The van der Waals surface area contributed by atoms with Gasteiger partial charge in [-0.2, -0.15) is 0 Å². The van der Waals surface area contributed by atoms with E-state index in [-0.39, 0.29) is 30.7 Å². The summed E-state index contributed by atoms with van der Waals surface area (Å²) in [6.45, 7) is 2.42. The Labute approximate surface area is 202 Å². The SMILES string of the molecule is CCCOC(=O)[C@H](CCOC)NP(=O)(Cc1ccc2sc(C(=O)O)cc2c1)Oc1ccccc1. The number of rotatable bonds is 13. The fraction of sp³-hybridized carbons (Fsp3) is 0.333. The molecule has 10 heteroatoms. The van der Waals surface area contributed by atoms with Gasteiger partial charge in [0.25, 0.3) is 0 Å². The van der Waals surface area contributed by atoms with E-state index < -0.39 is 25.5 Å². The first kappa shape index (κ1) is 25.9. The van der Waals surface area contributed by atoms with Crippen LogP contribution in [0.15, 0.2) is 54.6 Å². The van der Waals surface area contributed by atoms with E-state index in [1.54, 1.807) is 48.5 Å². The second-order valence-electron chi connectivity index (χ2n) is 7.65. The minimum absolute atomic E-state index is 0.0133. The quantitative estimate of drug-likeness (QED) is 0.237. The topological polar surface area (TPSA) is 111 Å². The van der Waals surface area contributed by atoms with Gasteiger partial charge in [0.2, 0.25) is 0 Å². The van der Waals surface area contributed by atoms with Gasteiger partial charge in [-0.1, -0.05) is 31.2 Å². The van der Waals surface area contributed by atoms with E-state index in [2.05, 4.69) is 5.09 Å². The highest BCUT2D eigenvalue weighted by atomic mass is 32.1. The Kier molecular flexibility index (Phi) is 9.24. The number of para-hydroxylation sites is 1. The van der Waals surface area contributed by atoms with Crippen LogP contribution >= 0.6 is 18.9 Å². The molecule has 0 spiro atoms. The smallest absolute Gasteiger partial charge is 0.345 e. The van der Waals surface area contributed by atoms with Crippen molar-refractivity contribution in [3.63, 3.8) is 0 Å². The lowest BCUT2D eigenvalue weighted by Gasteiger charge is -2.25. The standard InChI is InChI=1S/C24H28NO7PS/c1-3-12-31-24(28)20(11-13-30-2)25-33(29,32-19-7-5-4-6-8-19)16-17-9-10-21-18(14-17)15-22(34-21)23(26)27/h4-10,14-15,20H,3,11-13,16H2,1-2H3,(H,25,29)(H,26,27)/t20-,33?/m0/s1. The fourth-order valence-electron chi connectivity index (χ4n) is 3.30. The Bertz CT molecular complexity index is 1160. The molecule has 3 aromatic rings. The Balaban J connectivity index is 1.91. The molecular formula is C24H28NO7PS. The summed E-state index contributed by atoms with van der Waals surface area (Å²) >= 11 is 1.18. The lowest BCUT2D eigenvalue weighted by molar-refractivity contribution is -0.146. The van der Waals surface area contributed by atoms with Gasteiger partial charge in [0.1, 0.15) is 16.7 Å². The van der Waals surface area contributed by atoms with Crippen molar-refractivity contribution < 1.29 is 33.3 Å². The largest absolute Gasteiger partial charge is 0.477 e. The van der Waals surface area contributed by atoms with E-state index in [0.717, 1.165) is 10.1 Å². The zero-order chi connectivity index (χ0) is 24.6. The van der Waals surface area contributed by atoms with E-state index in [0.29, 0.717) is 17.7 Å². The Morgan fingerprint density at radius 3 is 2.56 bits per heavy atom. The summed E-state index contributed by atoms with van der Waals surface area (Å²) in [6, 6.07) is 14.8. The molecule has 0 aliphatic carbocycles. The lowest BCUT2D eigenvalue weighted by atomic mass is 10.2. The number of esters is 1. The summed E-state index contributed by atoms with van der Waals surface area (Å²) in [5, 5.41) is 12.9. The van der Waals surface area contributed by atoms with Gasteiger partial charge < -0.3 is 19.1 Å². The number of fused-ring (bicyclic) bond motifs is 1. The van der Waals surface area contributed by atoms with Crippen LogP contribution in [0.2, 0.25) is 0 Å². The highest BCUT2D eigenvalue weighted by Gasteiger charge is 2.33. The number of benzene rings is 2. The number of nitrogens with one attached hydrogen (secondary N) is 1. The summed E-state index contributed by atoms with van der Waals surface area (Å²) in [4.78, 5) is 24.2. The van der Waals surface area contributed by atoms with Crippen molar-refractivity contribution >= 4 is 40.9 Å². The van der Waals surface area contributed by atoms with E-state index >= 15 is 0 Å². The van der Waals surface area contributed by atoms with Gasteiger partial charge >= 0.3 is 19.5 Å². The molecule has 0 radical (unpaired) electrons. The van der Waals surface area contributed by atoms with Crippen LogP contribution in [0.5, 0.6) is 5.75 Å². The monoisotopic (exact) mass is 505 g/mol. The van der Waals surface area contributed by atoms with Crippen molar-refractivity contribution in [2.75, 3.05) is 20.3 Å². The van der Waals surface area contributed by atoms with Gasteiger partial charge in [0.15, 0.2) is 0 Å². The molecule has 0 aliphatic heterocycles. The first-order chi connectivity index (χ1) is 16.3. The average molecular weight is 506 g/mol. The number of aromatic carboxylic acids is 1. The average Bonchev–Trinajstić information content (AvgIpc) is 3.24. The predicted molar refractivity (Wildman–Crippen MR) is 132 cm³/mol. The minimum atomic E-state index is -3.66. The molecule has 0 aliphatic rings. The molecule has 8 nitrogen and oxygen atoms in total. The van der Waals surface area contributed by atoms with Crippen molar-refractivity contribution in [3.05, 3.63) is 65.0 Å². The van der Waals surface area contributed by atoms with Crippen molar-refractivity contribution in [2.45, 2.75) is 32.0 Å². The third-order valence-electron chi connectivity index (χ3n) is 4.87. The number of ether oxygens (including phenoxy) is 2. The van der Waals surface area contributed by atoms with Crippen LogP contribution in [0.1, 0.15) is 35.0 Å². The number of methoxy groups -OCH3 is 1. The summed E-state index contributed by atoms with van der Waals surface area (Å²) in [6.07, 6.45) is 0.910. The summed E-state index contributed by atoms with van der Waals surface area (Å²) in [5.41, 5.74) is 0.682. The van der Waals surface area contributed by atoms with Gasteiger partial charge in [-0.05, 0) is 54.1 Å². The molecule has 1 heterocycles. The molecule has 2 N–H and O–H groups in total. The number of carbonyl (C=O) groups excluding carboxylic acids is 1. The van der Waals surface area contributed by atoms with Crippen LogP contribution < -0.4 is 9.61 Å². The highest BCUT2D eigenvalue weighted by molar-refractivity contribution is 7.56. The van der Waals surface area contributed by atoms with Crippen LogP contribution in [0.3, 0.4) is 0 Å². The molecular weight excluding hydrogens is 477 g/mol. The van der Waals surface area contributed by atoms with Crippen LogP contribution in [-0.4, -0.2) is 43.4 Å². The molecule has 0 bridgehead atoms. The van der Waals surface area contributed by atoms with Crippen molar-refractivity contribution in [3.8, 4) is 5.75 Å². The number of carbonyl (C=O) groups is 2. The van der Waals surface area contributed by atoms with E-state index in [1.165, 1.54) is 18.4 Å². The maximum atomic E-state index is 14.1. The number of hydrogen-bond acceptors (Lipinski definition) is 7. The maximum Gasteiger partial charge on any atom is 0.345 e. The molecule has 2 atom stereocenters. The molecule has 0 fully saturated rings. The minimum Gasteiger partial charge on any atom is -0.477 e.